The fourth-order valence-corrected chi connectivity index (χ4v) is 3.80. The van der Waals surface area contributed by atoms with Crippen LogP contribution in [0.15, 0.2) is 59.6 Å². The van der Waals surface area contributed by atoms with Gasteiger partial charge in [-0.25, -0.2) is 0 Å². The summed E-state index contributed by atoms with van der Waals surface area (Å²) in [5.41, 5.74) is 2.29. The molecule has 1 saturated heterocycles. The zero-order chi connectivity index (χ0) is 21.9. The second-order valence-electron chi connectivity index (χ2n) is 7.60. The number of nitrogens with zero attached hydrogens (tertiary/aromatic N) is 2. The fourth-order valence-electron chi connectivity index (χ4n) is 3.80. The van der Waals surface area contributed by atoms with Crippen molar-refractivity contribution in [2.75, 3.05) is 40.3 Å². The van der Waals surface area contributed by atoms with Crippen LogP contribution in [0, 0.1) is 0 Å². The predicted molar refractivity (Wildman–Crippen MR) is 124 cm³/mol. The molecule has 3 N–H and O–H groups in total. The Bertz CT molecular complexity index is 850. The molecule has 7 heteroatoms. The number of carbonyl (C=O) groups excluding carboxylic acids is 1. The average molecular weight is 424 g/mol. The average Bonchev–Trinajstić information content (AvgIpc) is 3.35. The van der Waals surface area contributed by atoms with Gasteiger partial charge in [0.2, 0.25) is 5.91 Å². The number of carbonyl (C=O) groups is 1. The van der Waals surface area contributed by atoms with Crippen LogP contribution in [0.5, 0.6) is 5.75 Å². The van der Waals surface area contributed by atoms with E-state index in [1.165, 1.54) is 18.4 Å². The molecule has 7 nitrogen and oxygen atoms in total. The standard InChI is InChI=1S/C24H33N5O2/c1-25-24(28-18-23(30)26-16-19-9-4-3-5-10-19)27-17-22(29-13-6-7-14-29)20-11-8-12-21(15-20)31-2/h3-5,8-12,15,22H,6-7,13-14,16-18H2,1-2H3,(H,26,30)(H2,25,27,28). The highest BCUT2D eigenvalue weighted by atomic mass is 16.5. The van der Waals surface area contributed by atoms with Crippen molar-refractivity contribution in [3.8, 4) is 5.75 Å². The number of benzene rings is 2. The van der Waals surface area contributed by atoms with E-state index in [9.17, 15) is 4.79 Å². The molecular formula is C24H33N5O2. The Balaban J connectivity index is 1.52. The van der Waals surface area contributed by atoms with Gasteiger partial charge >= 0.3 is 0 Å². The van der Waals surface area contributed by atoms with Gasteiger partial charge in [0.05, 0.1) is 19.7 Å². The summed E-state index contributed by atoms with van der Waals surface area (Å²) in [5.74, 6) is 1.40. The molecule has 1 fully saturated rings. The molecule has 1 heterocycles. The van der Waals surface area contributed by atoms with E-state index in [1.54, 1.807) is 14.2 Å². The normalized spacial score (nSPS) is 15.4. The van der Waals surface area contributed by atoms with Gasteiger partial charge in [0.1, 0.15) is 5.75 Å². The Morgan fingerprint density at radius 3 is 2.55 bits per heavy atom. The summed E-state index contributed by atoms with van der Waals surface area (Å²) < 4.78 is 5.41. The molecule has 3 rings (SSSR count). The maximum atomic E-state index is 12.2. The Morgan fingerprint density at radius 2 is 1.84 bits per heavy atom. The Morgan fingerprint density at radius 1 is 1.06 bits per heavy atom. The highest BCUT2D eigenvalue weighted by Gasteiger charge is 2.24. The van der Waals surface area contributed by atoms with Crippen LogP contribution in [-0.2, 0) is 11.3 Å². The van der Waals surface area contributed by atoms with Gasteiger partial charge in [0.25, 0.3) is 0 Å². The zero-order valence-electron chi connectivity index (χ0n) is 18.4. The van der Waals surface area contributed by atoms with Gasteiger partial charge in [-0.15, -0.1) is 0 Å². The molecule has 0 aliphatic carbocycles. The number of rotatable bonds is 9. The number of amides is 1. The number of hydrogen-bond acceptors (Lipinski definition) is 4. The smallest absolute Gasteiger partial charge is 0.239 e. The third-order valence-electron chi connectivity index (χ3n) is 5.50. The summed E-state index contributed by atoms with van der Waals surface area (Å²) in [6.07, 6.45) is 2.43. The molecule has 0 radical (unpaired) electrons. The van der Waals surface area contributed by atoms with E-state index in [0.717, 1.165) is 24.4 Å². The summed E-state index contributed by atoms with van der Waals surface area (Å²) in [6.45, 7) is 3.54. The van der Waals surface area contributed by atoms with E-state index in [2.05, 4.69) is 38.0 Å². The van der Waals surface area contributed by atoms with Gasteiger partial charge in [-0.05, 0) is 49.2 Å². The fraction of sp³-hybridized carbons (Fsp3) is 0.417. The van der Waals surface area contributed by atoms with E-state index in [0.29, 0.717) is 19.0 Å². The molecule has 1 atom stereocenters. The van der Waals surface area contributed by atoms with Crippen LogP contribution in [0.1, 0.15) is 30.0 Å². The molecule has 0 aromatic heterocycles. The Kier molecular flexibility index (Phi) is 8.72. The van der Waals surface area contributed by atoms with Crippen LogP contribution in [0.4, 0.5) is 0 Å². The lowest BCUT2D eigenvalue weighted by Gasteiger charge is -2.29. The lowest BCUT2D eigenvalue weighted by atomic mass is 10.1. The molecule has 0 bridgehead atoms. The van der Waals surface area contributed by atoms with Crippen molar-refractivity contribution >= 4 is 11.9 Å². The maximum absolute atomic E-state index is 12.2. The van der Waals surface area contributed by atoms with Crippen molar-refractivity contribution in [1.29, 1.82) is 0 Å². The van der Waals surface area contributed by atoms with Gasteiger partial charge in [0.15, 0.2) is 5.96 Å². The minimum absolute atomic E-state index is 0.0734. The number of methoxy groups -OCH3 is 1. The first-order valence-corrected chi connectivity index (χ1v) is 10.8. The molecule has 31 heavy (non-hydrogen) atoms. The number of guanidine groups is 1. The quantitative estimate of drug-likeness (QED) is 0.426. The van der Waals surface area contributed by atoms with E-state index >= 15 is 0 Å². The minimum atomic E-state index is -0.0734. The summed E-state index contributed by atoms with van der Waals surface area (Å²) in [4.78, 5) is 19.0. The van der Waals surface area contributed by atoms with Gasteiger partial charge in [-0.2, -0.15) is 0 Å². The number of aliphatic imine (C=N–C) groups is 1. The van der Waals surface area contributed by atoms with Crippen molar-refractivity contribution in [2.45, 2.75) is 25.4 Å². The van der Waals surface area contributed by atoms with Crippen molar-refractivity contribution < 1.29 is 9.53 Å². The molecule has 2 aromatic carbocycles. The van der Waals surface area contributed by atoms with Crippen molar-refractivity contribution in [3.63, 3.8) is 0 Å². The number of hydrogen-bond donors (Lipinski definition) is 3. The molecular weight excluding hydrogens is 390 g/mol. The van der Waals surface area contributed by atoms with E-state index in [4.69, 9.17) is 4.74 Å². The summed E-state index contributed by atoms with van der Waals surface area (Å²) in [5, 5.41) is 9.42. The minimum Gasteiger partial charge on any atom is -0.497 e. The van der Waals surface area contributed by atoms with Crippen LogP contribution in [0.3, 0.4) is 0 Å². The Hall–Kier alpha value is -3.06. The molecule has 2 aromatic rings. The number of likely N-dealkylation sites (tertiary alicyclic amines) is 1. The van der Waals surface area contributed by atoms with Crippen LogP contribution < -0.4 is 20.7 Å². The summed E-state index contributed by atoms with van der Waals surface area (Å²) >= 11 is 0. The van der Waals surface area contributed by atoms with Crippen LogP contribution in [-0.4, -0.2) is 57.1 Å². The zero-order valence-corrected chi connectivity index (χ0v) is 18.4. The molecule has 1 aliphatic rings. The number of ether oxygens (including phenoxy) is 1. The van der Waals surface area contributed by atoms with E-state index < -0.39 is 0 Å². The number of nitrogens with one attached hydrogen (secondary N) is 3. The first-order chi connectivity index (χ1) is 15.2. The second-order valence-corrected chi connectivity index (χ2v) is 7.60. The third-order valence-corrected chi connectivity index (χ3v) is 5.50. The molecule has 0 spiro atoms. The van der Waals surface area contributed by atoms with Crippen LogP contribution >= 0.6 is 0 Å². The van der Waals surface area contributed by atoms with Gasteiger partial charge in [-0.3, -0.25) is 14.7 Å². The lowest BCUT2D eigenvalue weighted by molar-refractivity contribution is -0.120. The van der Waals surface area contributed by atoms with Crippen molar-refractivity contribution in [3.05, 3.63) is 65.7 Å². The van der Waals surface area contributed by atoms with E-state index in [-0.39, 0.29) is 18.5 Å². The Labute approximate surface area is 184 Å². The predicted octanol–water partition coefficient (Wildman–Crippen LogP) is 2.31. The first kappa shape index (κ1) is 22.6. The molecule has 0 saturated carbocycles. The highest BCUT2D eigenvalue weighted by Crippen LogP contribution is 2.27. The molecule has 1 amide bonds. The summed E-state index contributed by atoms with van der Waals surface area (Å²) in [7, 11) is 3.41. The highest BCUT2D eigenvalue weighted by molar-refractivity contribution is 5.86. The molecule has 1 aliphatic heterocycles. The summed E-state index contributed by atoms with van der Waals surface area (Å²) in [6, 6.07) is 18.3. The third kappa shape index (κ3) is 7.00. The second kappa shape index (κ2) is 12.0. The van der Waals surface area contributed by atoms with Crippen molar-refractivity contribution in [1.82, 2.24) is 20.9 Å². The maximum Gasteiger partial charge on any atom is 0.239 e. The lowest BCUT2D eigenvalue weighted by Crippen LogP contribution is -2.45. The topological polar surface area (TPSA) is 78.0 Å². The first-order valence-electron chi connectivity index (χ1n) is 10.8. The van der Waals surface area contributed by atoms with Gasteiger partial charge in [0, 0.05) is 20.1 Å². The van der Waals surface area contributed by atoms with Crippen LogP contribution in [0.25, 0.3) is 0 Å². The van der Waals surface area contributed by atoms with Gasteiger partial charge < -0.3 is 20.7 Å². The van der Waals surface area contributed by atoms with Crippen LogP contribution in [0.2, 0.25) is 0 Å². The molecule has 1 unspecified atom stereocenters. The SMILES string of the molecule is CN=C(NCC(=O)NCc1ccccc1)NCC(c1cccc(OC)c1)N1CCCC1. The molecule has 166 valence electrons. The largest absolute Gasteiger partial charge is 0.497 e. The van der Waals surface area contributed by atoms with Gasteiger partial charge in [-0.1, -0.05) is 42.5 Å². The monoisotopic (exact) mass is 423 g/mol. The van der Waals surface area contributed by atoms with E-state index in [1.807, 2.05) is 42.5 Å². The van der Waals surface area contributed by atoms with Crippen molar-refractivity contribution in [2.24, 2.45) is 4.99 Å².